The van der Waals surface area contributed by atoms with Crippen LogP contribution in [0, 0.1) is 0 Å². The molecule has 9 heavy (non-hydrogen) atoms. The van der Waals surface area contributed by atoms with Gasteiger partial charge in [0.05, 0.1) is 0 Å². The van der Waals surface area contributed by atoms with Crippen LogP contribution in [0.2, 0.25) is 0 Å². The Kier molecular flexibility index (Phi) is 2.86. The van der Waals surface area contributed by atoms with E-state index in [0.717, 1.165) is 0 Å². The summed E-state index contributed by atoms with van der Waals surface area (Å²) in [6.07, 6.45) is 4.12. The Hall–Kier alpha value is -0.220. The summed E-state index contributed by atoms with van der Waals surface area (Å²) in [5, 5.41) is 0. The second-order valence-electron chi connectivity index (χ2n) is 2.27. The molecule has 0 saturated carbocycles. The zero-order chi connectivity index (χ0) is 6.53. The minimum Gasteiger partial charge on any atom is -0.125 e. The summed E-state index contributed by atoms with van der Waals surface area (Å²) in [5.41, 5.74) is 0. The van der Waals surface area contributed by atoms with Gasteiger partial charge in [-0.05, 0) is 24.2 Å². The van der Waals surface area contributed by atoms with Crippen LogP contribution in [0.4, 0.5) is 0 Å². The van der Waals surface area contributed by atoms with Gasteiger partial charge < -0.3 is 0 Å². The first kappa shape index (κ1) is 6.89. The zero-order valence-electron chi connectivity index (χ0n) is 5.88. The molecule has 0 spiro atoms. The fourth-order valence-electron chi connectivity index (χ4n) is 0.860. The van der Waals surface area contributed by atoms with Gasteiger partial charge in [0.15, 0.2) is 0 Å². The van der Waals surface area contributed by atoms with E-state index in [0.29, 0.717) is 0 Å². The van der Waals surface area contributed by atoms with Gasteiger partial charge in [0.1, 0.15) is 0 Å². The molecule has 0 nitrogen and oxygen atoms in total. The first-order valence-corrected chi connectivity index (χ1v) is 5.20. The van der Waals surface area contributed by atoms with E-state index < -0.39 is 0 Å². The average molecular weight is 140 g/mol. The lowest BCUT2D eigenvalue weighted by Crippen LogP contribution is -1.66. The van der Waals surface area contributed by atoms with Crippen molar-refractivity contribution in [1.29, 1.82) is 0 Å². The quantitative estimate of drug-likeness (QED) is 0.603. The van der Waals surface area contributed by atoms with Crippen molar-refractivity contribution in [1.82, 2.24) is 0 Å². The molecule has 0 amide bonds. The van der Waals surface area contributed by atoms with Crippen LogP contribution < -0.4 is 0 Å². The minimum absolute atomic E-state index is 0.188. The van der Waals surface area contributed by atoms with Crippen molar-refractivity contribution in [3.05, 3.63) is 23.7 Å². The monoisotopic (exact) mass is 140 g/mol. The van der Waals surface area contributed by atoms with Gasteiger partial charge in [0.25, 0.3) is 0 Å². The molecule has 1 heteroatoms. The van der Waals surface area contributed by atoms with Gasteiger partial charge in [-0.3, -0.25) is 0 Å². The van der Waals surface area contributed by atoms with E-state index >= 15 is 0 Å². The highest BCUT2D eigenvalue weighted by Crippen LogP contribution is 2.29. The Morgan fingerprint density at radius 2 is 1.89 bits per heavy atom. The molecular weight excluding hydrogens is 127 g/mol. The molecule has 50 valence electrons. The highest BCUT2D eigenvalue weighted by Gasteiger charge is 1.87. The maximum absolute atomic E-state index is 2.34. The van der Waals surface area contributed by atoms with E-state index in [1.165, 1.54) is 19.0 Å². The van der Waals surface area contributed by atoms with Crippen LogP contribution in [-0.4, -0.2) is 0 Å². The van der Waals surface area contributed by atoms with Crippen LogP contribution >= 0.6 is 7.53 Å². The third-order valence-corrected chi connectivity index (χ3v) is 3.38. The maximum Gasteiger partial charge on any atom is -0.0141 e. The molecule has 1 heterocycles. The molecule has 0 aliphatic rings. The highest BCUT2D eigenvalue weighted by molar-refractivity contribution is 7.47. The smallest absolute Gasteiger partial charge is 0.0141 e. The van der Waals surface area contributed by atoms with Gasteiger partial charge in [-0.1, -0.05) is 25.5 Å². The van der Waals surface area contributed by atoms with Gasteiger partial charge in [-0.2, -0.15) is 0 Å². The van der Waals surface area contributed by atoms with Gasteiger partial charge >= 0.3 is 0 Å². The zero-order valence-corrected chi connectivity index (χ0v) is 6.77. The Bertz CT molecular complexity index is 142. The topological polar surface area (TPSA) is 0 Å². The van der Waals surface area contributed by atoms with Crippen LogP contribution in [0.1, 0.15) is 19.8 Å². The minimum atomic E-state index is 0.188. The molecule has 0 radical (unpaired) electrons. The van der Waals surface area contributed by atoms with Crippen molar-refractivity contribution >= 4 is 7.53 Å². The van der Waals surface area contributed by atoms with Gasteiger partial charge in [-0.25, -0.2) is 0 Å². The van der Waals surface area contributed by atoms with Crippen molar-refractivity contribution in [2.24, 2.45) is 0 Å². The van der Waals surface area contributed by atoms with Crippen molar-refractivity contribution in [3.8, 4) is 0 Å². The Labute approximate surface area is 58.0 Å². The summed E-state index contributed by atoms with van der Waals surface area (Å²) < 4.78 is 0. The van der Waals surface area contributed by atoms with Crippen molar-refractivity contribution in [3.63, 3.8) is 0 Å². The molecule has 0 aliphatic heterocycles. The predicted octanol–water partition coefficient (Wildman–Crippen LogP) is 3.47. The first-order valence-electron chi connectivity index (χ1n) is 3.54. The lowest BCUT2D eigenvalue weighted by molar-refractivity contribution is 0.855. The largest absolute Gasteiger partial charge is 0.125 e. The lowest BCUT2D eigenvalue weighted by Gasteiger charge is -1.92. The van der Waals surface area contributed by atoms with Crippen molar-refractivity contribution in [2.45, 2.75) is 25.9 Å². The van der Waals surface area contributed by atoms with E-state index in [1.54, 1.807) is 0 Å². The molecule has 0 bridgehead atoms. The molecule has 1 aromatic rings. The molecule has 1 aromatic heterocycles. The van der Waals surface area contributed by atoms with Crippen LogP contribution in [0.5, 0.6) is 0 Å². The highest BCUT2D eigenvalue weighted by atomic mass is 31.1. The predicted molar refractivity (Wildman–Crippen MR) is 44.1 cm³/mol. The summed E-state index contributed by atoms with van der Waals surface area (Å²) >= 11 is 0. The van der Waals surface area contributed by atoms with Crippen molar-refractivity contribution < 1.29 is 0 Å². The van der Waals surface area contributed by atoms with E-state index in [9.17, 15) is 0 Å². The summed E-state index contributed by atoms with van der Waals surface area (Å²) in [6, 6.07) is 4.34. The normalized spacial score (nSPS) is 9.89. The third kappa shape index (κ3) is 2.24. The Balaban J connectivity index is 2.30. The maximum atomic E-state index is 2.34. The number of unbranched alkanes of at least 4 members (excludes halogenated alkanes) is 1. The molecule has 0 aromatic carbocycles. The summed E-state index contributed by atoms with van der Waals surface area (Å²) in [7, 11) is 0.188. The van der Waals surface area contributed by atoms with Gasteiger partial charge in [0.2, 0.25) is 0 Å². The Morgan fingerprint density at radius 3 is 2.44 bits per heavy atom. The van der Waals surface area contributed by atoms with Crippen molar-refractivity contribution in [2.75, 3.05) is 0 Å². The number of hydrogen-bond donors (Lipinski definition) is 0. The molecular formula is C8H13P. The first-order chi connectivity index (χ1) is 4.43. The standard InChI is InChI=1S/C8H13P/c1-2-3-6-9-7-4-5-8-9/h4-5,7-8H,2-3,6H2,1H3. The molecule has 0 atom stereocenters. The molecule has 1 rings (SSSR count). The Morgan fingerprint density at radius 1 is 1.22 bits per heavy atom. The van der Waals surface area contributed by atoms with E-state index in [-0.39, 0.29) is 7.53 Å². The van der Waals surface area contributed by atoms with Gasteiger partial charge in [-0.15, -0.1) is 7.53 Å². The van der Waals surface area contributed by atoms with E-state index in [2.05, 4.69) is 30.7 Å². The average Bonchev–Trinajstić information content (AvgIpc) is 2.34. The molecule has 0 saturated heterocycles. The van der Waals surface area contributed by atoms with Crippen LogP contribution in [0.15, 0.2) is 23.7 Å². The second-order valence-corrected chi connectivity index (χ2v) is 4.35. The summed E-state index contributed by atoms with van der Waals surface area (Å²) in [4.78, 5) is 0. The molecule has 0 aliphatic carbocycles. The van der Waals surface area contributed by atoms with Crippen LogP contribution in [0.25, 0.3) is 0 Å². The van der Waals surface area contributed by atoms with Crippen LogP contribution in [-0.2, 0) is 6.16 Å². The fourth-order valence-corrected chi connectivity index (χ4v) is 2.58. The lowest BCUT2D eigenvalue weighted by atomic mass is 10.4. The summed E-state index contributed by atoms with van der Waals surface area (Å²) in [5.74, 6) is 4.68. The number of hydrogen-bond acceptors (Lipinski definition) is 0. The number of aryl methyl sites for hydroxylation is 1. The number of rotatable bonds is 3. The molecule has 0 unspecified atom stereocenters. The molecule has 0 fully saturated rings. The second kappa shape index (κ2) is 3.74. The molecule has 0 N–H and O–H groups in total. The van der Waals surface area contributed by atoms with Crippen LogP contribution in [0.3, 0.4) is 0 Å². The summed E-state index contributed by atoms with van der Waals surface area (Å²) in [6.45, 7) is 2.25. The fraction of sp³-hybridized carbons (Fsp3) is 0.500. The van der Waals surface area contributed by atoms with Gasteiger partial charge in [0, 0.05) is 0 Å². The van der Waals surface area contributed by atoms with E-state index in [4.69, 9.17) is 0 Å². The third-order valence-electron chi connectivity index (χ3n) is 1.44. The SMILES string of the molecule is CCCCp1cccc1. The van der Waals surface area contributed by atoms with E-state index in [1.807, 2.05) is 0 Å².